The van der Waals surface area contributed by atoms with Crippen molar-refractivity contribution in [2.75, 3.05) is 5.75 Å². The van der Waals surface area contributed by atoms with Crippen LogP contribution in [0.5, 0.6) is 0 Å². The number of thioether (sulfide) groups is 1. The maximum atomic E-state index is 11.9. The number of aliphatic hydroxyl groups is 1. The van der Waals surface area contributed by atoms with Crippen molar-refractivity contribution in [3.63, 3.8) is 0 Å². The summed E-state index contributed by atoms with van der Waals surface area (Å²) in [5, 5.41) is 37.6. The molecule has 9 nitrogen and oxygen atoms in total. The van der Waals surface area contributed by atoms with E-state index in [1.54, 1.807) is 6.92 Å². The van der Waals surface area contributed by atoms with Gasteiger partial charge in [0, 0.05) is 0 Å². The van der Waals surface area contributed by atoms with E-state index in [9.17, 15) is 24.3 Å². The first-order valence-corrected chi connectivity index (χ1v) is 6.95. The zero-order valence-corrected chi connectivity index (χ0v) is 12.2. The Labute approximate surface area is 124 Å². The van der Waals surface area contributed by atoms with Crippen molar-refractivity contribution >= 4 is 35.6 Å². The lowest BCUT2D eigenvalue weighted by Gasteiger charge is -2.28. The number of carboxylic acids is 3. The van der Waals surface area contributed by atoms with Crippen molar-refractivity contribution in [3.05, 3.63) is 0 Å². The zero-order chi connectivity index (χ0) is 16.8. The molecule has 0 saturated carbocycles. The third-order valence-electron chi connectivity index (χ3n) is 2.74. The van der Waals surface area contributed by atoms with Crippen LogP contribution >= 0.6 is 11.8 Å². The average Bonchev–Trinajstić information content (AvgIpc) is 2.40. The molecule has 1 amide bonds. The monoisotopic (exact) mass is 323 g/mol. The predicted molar refractivity (Wildman–Crippen MR) is 71.7 cm³/mol. The molecule has 0 aromatic rings. The second-order valence-corrected chi connectivity index (χ2v) is 5.40. The number of hydrogen-bond donors (Lipinski definition) is 5. The van der Waals surface area contributed by atoms with Crippen LogP contribution in [0, 0.1) is 5.92 Å². The first-order chi connectivity index (χ1) is 9.57. The molecule has 0 aliphatic carbocycles. The Morgan fingerprint density at radius 3 is 2.05 bits per heavy atom. The molecule has 0 aromatic heterocycles. The minimum Gasteiger partial charge on any atom is -0.481 e. The summed E-state index contributed by atoms with van der Waals surface area (Å²) in [5.41, 5.74) is -3.14. The highest BCUT2D eigenvalue weighted by molar-refractivity contribution is 8.00. The van der Waals surface area contributed by atoms with Gasteiger partial charge in [0.25, 0.3) is 11.5 Å². The van der Waals surface area contributed by atoms with E-state index in [2.05, 4.69) is 5.32 Å². The van der Waals surface area contributed by atoms with Gasteiger partial charge in [-0.2, -0.15) is 0 Å². The van der Waals surface area contributed by atoms with Gasteiger partial charge in [-0.15, -0.1) is 11.8 Å². The molecule has 10 heteroatoms. The summed E-state index contributed by atoms with van der Waals surface area (Å²) < 4.78 is 0. The smallest absolute Gasteiger partial charge is 0.346 e. The van der Waals surface area contributed by atoms with Crippen LogP contribution in [0.4, 0.5) is 0 Å². The summed E-state index contributed by atoms with van der Waals surface area (Å²) in [6, 6.07) is 0. The van der Waals surface area contributed by atoms with Crippen molar-refractivity contribution in [1.82, 2.24) is 5.32 Å². The van der Waals surface area contributed by atoms with E-state index in [0.717, 1.165) is 18.7 Å². The molecule has 0 aromatic carbocycles. The molecule has 5 N–H and O–H groups in total. The Kier molecular flexibility index (Phi) is 7.16. The summed E-state index contributed by atoms with van der Waals surface area (Å²) in [7, 11) is 0. The number of rotatable bonds is 9. The second kappa shape index (κ2) is 7.84. The van der Waals surface area contributed by atoms with Gasteiger partial charge in [-0.3, -0.25) is 14.4 Å². The molecule has 3 unspecified atom stereocenters. The van der Waals surface area contributed by atoms with Crippen molar-refractivity contribution in [3.8, 4) is 0 Å². The minimum absolute atomic E-state index is 0.265. The minimum atomic E-state index is -3.14. The molecule has 120 valence electrons. The molecule has 0 aliphatic heterocycles. The molecular weight excluding hydrogens is 306 g/mol. The van der Waals surface area contributed by atoms with Crippen LogP contribution in [-0.4, -0.2) is 61.0 Å². The van der Waals surface area contributed by atoms with Gasteiger partial charge in [0.2, 0.25) is 0 Å². The van der Waals surface area contributed by atoms with E-state index in [0.29, 0.717) is 0 Å². The highest BCUT2D eigenvalue weighted by Crippen LogP contribution is 2.21. The molecule has 0 saturated heterocycles. The number of hydrogen-bond acceptors (Lipinski definition) is 6. The van der Waals surface area contributed by atoms with Crippen LogP contribution in [0.25, 0.3) is 0 Å². The fraction of sp³-hybridized carbons (Fsp3) is 0.636. The number of carbonyl (C=O) groups excluding carboxylic acids is 1. The maximum absolute atomic E-state index is 11.9. The van der Waals surface area contributed by atoms with E-state index in [4.69, 9.17) is 15.3 Å². The molecule has 3 atom stereocenters. The first kappa shape index (κ1) is 19.2. The third-order valence-corrected chi connectivity index (χ3v) is 4.01. The van der Waals surface area contributed by atoms with Crippen LogP contribution in [0.1, 0.15) is 20.3 Å². The predicted octanol–water partition coefficient (Wildman–Crippen LogP) is -0.807. The molecular formula is C11H17NO8S. The van der Waals surface area contributed by atoms with Gasteiger partial charge in [-0.05, 0) is 13.3 Å². The van der Waals surface area contributed by atoms with Gasteiger partial charge >= 0.3 is 17.9 Å². The van der Waals surface area contributed by atoms with E-state index in [1.165, 1.54) is 0 Å². The largest absolute Gasteiger partial charge is 0.481 e. The quantitative estimate of drug-likeness (QED) is 0.270. The van der Waals surface area contributed by atoms with Crippen LogP contribution in [0.3, 0.4) is 0 Å². The van der Waals surface area contributed by atoms with Crippen LogP contribution in [0.15, 0.2) is 0 Å². The number of carboxylic acid groups (broad SMARTS) is 3. The normalized spacial score (nSPS) is 16.3. The summed E-state index contributed by atoms with van der Waals surface area (Å²) >= 11 is 0.823. The molecule has 21 heavy (non-hydrogen) atoms. The molecule has 0 radical (unpaired) electrons. The Morgan fingerprint density at radius 2 is 1.71 bits per heavy atom. The van der Waals surface area contributed by atoms with Gasteiger partial charge in [-0.25, -0.2) is 4.79 Å². The summed E-state index contributed by atoms with van der Waals surface area (Å²) in [4.78, 5) is 44.3. The SMILES string of the molecule is CCC(NC(=O)C(O)(C(=O)O)C(C)C(=O)O)SCC(=O)O. The van der Waals surface area contributed by atoms with Crippen molar-refractivity contribution in [1.29, 1.82) is 0 Å². The molecule has 0 aliphatic rings. The van der Waals surface area contributed by atoms with Crippen LogP contribution < -0.4 is 5.32 Å². The fourth-order valence-corrected chi connectivity index (χ4v) is 2.12. The van der Waals surface area contributed by atoms with E-state index < -0.39 is 40.7 Å². The zero-order valence-electron chi connectivity index (χ0n) is 11.4. The molecule has 0 spiro atoms. The number of carbonyl (C=O) groups is 4. The fourth-order valence-electron chi connectivity index (χ4n) is 1.35. The Balaban J connectivity index is 5.10. The number of nitrogens with one attached hydrogen (secondary N) is 1. The van der Waals surface area contributed by atoms with Gasteiger partial charge in [0.05, 0.1) is 11.1 Å². The van der Waals surface area contributed by atoms with Crippen LogP contribution in [-0.2, 0) is 19.2 Å². The third kappa shape index (κ3) is 4.90. The van der Waals surface area contributed by atoms with E-state index in [1.807, 2.05) is 0 Å². The first-order valence-electron chi connectivity index (χ1n) is 5.90. The van der Waals surface area contributed by atoms with E-state index >= 15 is 0 Å². The van der Waals surface area contributed by atoms with Crippen molar-refractivity contribution < 1.29 is 39.6 Å². The van der Waals surface area contributed by atoms with Crippen LogP contribution in [0.2, 0.25) is 0 Å². The van der Waals surface area contributed by atoms with Crippen molar-refractivity contribution in [2.45, 2.75) is 31.2 Å². The average molecular weight is 323 g/mol. The van der Waals surface area contributed by atoms with Gasteiger partial charge in [0.1, 0.15) is 5.92 Å². The second-order valence-electron chi connectivity index (χ2n) is 4.21. The molecule has 0 heterocycles. The molecule has 0 rings (SSSR count). The lowest BCUT2D eigenvalue weighted by molar-refractivity contribution is -0.179. The van der Waals surface area contributed by atoms with Gasteiger partial charge < -0.3 is 25.7 Å². The summed E-state index contributed by atoms with van der Waals surface area (Å²) in [6.07, 6.45) is 0.265. The Morgan fingerprint density at radius 1 is 1.19 bits per heavy atom. The Bertz CT molecular complexity index is 440. The van der Waals surface area contributed by atoms with Crippen molar-refractivity contribution in [2.24, 2.45) is 5.92 Å². The van der Waals surface area contributed by atoms with E-state index in [-0.39, 0.29) is 12.2 Å². The number of amides is 1. The topological polar surface area (TPSA) is 161 Å². The standard InChI is InChI=1S/C11H17NO8S/c1-3-6(21-4-7(13)14)12-9(17)11(20,10(18)19)5(2)8(15)16/h5-6,20H,3-4H2,1-2H3,(H,12,17)(H,13,14)(H,15,16)(H,18,19). The molecule has 0 fully saturated rings. The summed E-state index contributed by atoms with van der Waals surface area (Å²) in [6.45, 7) is 2.50. The lowest BCUT2D eigenvalue weighted by atomic mass is 9.88. The lowest BCUT2D eigenvalue weighted by Crippen LogP contribution is -2.60. The Hall–Kier alpha value is -1.81. The highest BCUT2D eigenvalue weighted by Gasteiger charge is 2.53. The van der Waals surface area contributed by atoms with Gasteiger partial charge in [0.15, 0.2) is 0 Å². The highest BCUT2D eigenvalue weighted by atomic mass is 32.2. The maximum Gasteiger partial charge on any atom is 0.346 e. The van der Waals surface area contributed by atoms with Gasteiger partial charge in [-0.1, -0.05) is 6.92 Å². The molecule has 0 bridgehead atoms. The number of aliphatic carboxylic acids is 3. The summed E-state index contributed by atoms with van der Waals surface area (Å²) in [5.74, 6) is -8.38.